The van der Waals surface area contributed by atoms with Gasteiger partial charge in [-0.15, -0.1) is 0 Å². The summed E-state index contributed by atoms with van der Waals surface area (Å²) in [7, 11) is 3.89. The summed E-state index contributed by atoms with van der Waals surface area (Å²) in [5.74, 6) is 0. The molecule has 2 heterocycles. The lowest BCUT2D eigenvalue weighted by Gasteiger charge is -2.12. The maximum absolute atomic E-state index is 4.34. The fraction of sp³-hybridized carbons (Fsp3) is 0.500. The number of aromatic nitrogens is 4. The molecule has 0 bridgehead atoms. The van der Waals surface area contributed by atoms with Gasteiger partial charge in [-0.3, -0.25) is 9.36 Å². The maximum atomic E-state index is 4.34. The number of hydrogen-bond acceptors (Lipinski definition) is 3. The second-order valence-corrected chi connectivity index (χ2v) is 4.39. The molecule has 0 aromatic carbocycles. The first-order valence-electron chi connectivity index (χ1n) is 5.78. The van der Waals surface area contributed by atoms with E-state index < -0.39 is 0 Å². The molecule has 0 aliphatic rings. The van der Waals surface area contributed by atoms with Crippen LogP contribution in [0.1, 0.15) is 29.9 Å². The van der Waals surface area contributed by atoms with Crippen LogP contribution in [0, 0.1) is 6.92 Å². The van der Waals surface area contributed by atoms with Gasteiger partial charge in [-0.2, -0.15) is 10.2 Å². The van der Waals surface area contributed by atoms with Gasteiger partial charge in [-0.1, -0.05) is 0 Å². The van der Waals surface area contributed by atoms with Crippen molar-refractivity contribution in [3.8, 4) is 0 Å². The molecular weight excluding hydrogens is 214 g/mol. The molecule has 0 spiro atoms. The smallest absolute Gasteiger partial charge is 0.0762 e. The zero-order chi connectivity index (χ0) is 12.4. The highest BCUT2D eigenvalue weighted by atomic mass is 15.3. The molecule has 1 atom stereocenters. The highest BCUT2D eigenvalue weighted by Crippen LogP contribution is 2.16. The lowest BCUT2D eigenvalue weighted by molar-refractivity contribution is 0.558. The molecule has 0 aliphatic carbocycles. The lowest BCUT2D eigenvalue weighted by atomic mass is 10.1. The Morgan fingerprint density at radius 3 is 2.71 bits per heavy atom. The topological polar surface area (TPSA) is 47.7 Å². The van der Waals surface area contributed by atoms with Crippen LogP contribution in [-0.4, -0.2) is 19.6 Å². The highest BCUT2D eigenvalue weighted by Gasteiger charge is 2.11. The number of rotatable bonds is 4. The predicted molar refractivity (Wildman–Crippen MR) is 66.4 cm³/mol. The van der Waals surface area contributed by atoms with Crippen molar-refractivity contribution in [2.75, 3.05) is 0 Å². The molecule has 0 radical (unpaired) electrons. The van der Waals surface area contributed by atoms with Crippen LogP contribution in [0.15, 0.2) is 18.5 Å². The third kappa shape index (κ3) is 2.55. The Morgan fingerprint density at radius 1 is 1.41 bits per heavy atom. The summed E-state index contributed by atoms with van der Waals surface area (Å²) in [6.07, 6.45) is 3.88. The van der Waals surface area contributed by atoms with Crippen molar-refractivity contribution in [2.24, 2.45) is 14.1 Å². The molecule has 0 amide bonds. The fourth-order valence-electron chi connectivity index (χ4n) is 1.87. The molecule has 92 valence electrons. The molecule has 5 nitrogen and oxygen atoms in total. The van der Waals surface area contributed by atoms with E-state index in [1.54, 1.807) is 0 Å². The Bertz CT molecular complexity index is 497. The van der Waals surface area contributed by atoms with Crippen LogP contribution in [0.2, 0.25) is 0 Å². The first-order chi connectivity index (χ1) is 8.08. The minimum Gasteiger partial charge on any atom is -0.304 e. The van der Waals surface area contributed by atoms with E-state index in [1.807, 2.05) is 41.9 Å². The van der Waals surface area contributed by atoms with Gasteiger partial charge in [0.15, 0.2) is 0 Å². The van der Waals surface area contributed by atoms with Crippen molar-refractivity contribution >= 4 is 0 Å². The van der Waals surface area contributed by atoms with Crippen molar-refractivity contribution in [1.82, 2.24) is 24.9 Å². The standard InChI is InChI=1S/C12H19N5/c1-9(12-8-14-17(4)10(12)2)13-7-11-5-6-16(3)15-11/h5-6,8-9,13H,7H2,1-4H3. The second kappa shape index (κ2) is 4.71. The monoisotopic (exact) mass is 233 g/mol. The van der Waals surface area contributed by atoms with Crippen LogP contribution >= 0.6 is 0 Å². The van der Waals surface area contributed by atoms with E-state index in [1.165, 1.54) is 11.3 Å². The Kier molecular flexibility index (Phi) is 3.28. The Hall–Kier alpha value is -1.62. The SMILES string of the molecule is Cc1c(C(C)NCc2ccn(C)n2)cnn1C. The van der Waals surface area contributed by atoms with Gasteiger partial charge in [-0.05, 0) is 19.9 Å². The summed E-state index contributed by atoms with van der Waals surface area (Å²) < 4.78 is 3.71. The Morgan fingerprint density at radius 2 is 2.18 bits per heavy atom. The summed E-state index contributed by atoms with van der Waals surface area (Å²) in [5.41, 5.74) is 3.50. The van der Waals surface area contributed by atoms with E-state index in [-0.39, 0.29) is 6.04 Å². The fourth-order valence-corrected chi connectivity index (χ4v) is 1.87. The number of nitrogens with one attached hydrogen (secondary N) is 1. The zero-order valence-corrected chi connectivity index (χ0v) is 10.8. The minimum atomic E-state index is 0.283. The number of nitrogens with zero attached hydrogens (tertiary/aromatic N) is 4. The van der Waals surface area contributed by atoms with Crippen molar-refractivity contribution in [2.45, 2.75) is 26.4 Å². The molecule has 1 unspecified atom stereocenters. The Balaban J connectivity index is 1.98. The van der Waals surface area contributed by atoms with Gasteiger partial charge >= 0.3 is 0 Å². The van der Waals surface area contributed by atoms with Gasteiger partial charge in [0.2, 0.25) is 0 Å². The van der Waals surface area contributed by atoms with E-state index in [2.05, 4.69) is 29.4 Å². The molecule has 0 saturated heterocycles. The van der Waals surface area contributed by atoms with Crippen molar-refractivity contribution in [1.29, 1.82) is 0 Å². The van der Waals surface area contributed by atoms with Crippen molar-refractivity contribution in [3.05, 3.63) is 35.4 Å². The van der Waals surface area contributed by atoms with Crippen LogP contribution in [0.25, 0.3) is 0 Å². The zero-order valence-electron chi connectivity index (χ0n) is 10.8. The van der Waals surface area contributed by atoms with Crippen LogP contribution in [0.5, 0.6) is 0 Å². The molecular formula is C12H19N5. The second-order valence-electron chi connectivity index (χ2n) is 4.39. The first kappa shape index (κ1) is 11.9. The third-order valence-electron chi connectivity index (χ3n) is 3.10. The summed E-state index contributed by atoms with van der Waals surface area (Å²) >= 11 is 0. The number of aryl methyl sites for hydroxylation is 2. The molecule has 0 fully saturated rings. The van der Waals surface area contributed by atoms with E-state index in [4.69, 9.17) is 0 Å². The third-order valence-corrected chi connectivity index (χ3v) is 3.10. The van der Waals surface area contributed by atoms with Crippen molar-refractivity contribution < 1.29 is 0 Å². The first-order valence-corrected chi connectivity index (χ1v) is 5.78. The van der Waals surface area contributed by atoms with Gasteiger partial charge in [-0.25, -0.2) is 0 Å². The number of hydrogen-bond donors (Lipinski definition) is 1. The van der Waals surface area contributed by atoms with E-state index in [0.717, 1.165) is 12.2 Å². The highest BCUT2D eigenvalue weighted by molar-refractivity contribution is 5.19. The lowest BCUT2D eigenvalue weighted by Crippen LogP contribution is -2.19. The Labute approximate surface area is 101 Å². The van der Waals surface area contributed by atoms with Crippen LogP contribution in [0.3, 0.4) is 0 Å². The van der Waals surface area contributed by atoms with Gasteiger partial charge < -0.3 is 5.32 Å². The van der Waals surface area contributed by atoms with E-state index >= 15 is 0 Å². The van der Waals surface area contributed by atoms with Crippen molar-refractivity contribution in [3.63, 3.8) is 0 Å². The largest absolute Gasteiger partial charge is 0.304 e. The summed E-state index contributed by atoms with van der Waals surface area (Å²) in [6.45, 7) is 5.00. The van der Waals surface area contributed by atoms with Crippen LogP contribution in [0.4, 0.5) is 0 Å². The van der Waals surface area contributed by atoms with Gasteiger partial charge in [0, 0.05) is 44.1 Å². The predicted octanol–water partition coefficient (Wildman–Crippen LogP) is 1.31. The molecule has 2 aromatic heterocycles. The van der Waals surface area contributed by atoms with Gasteiger partial charge in [0.05, 0.1) is 11.9 Å². The molecule has 5 heteroatoms. The summed E-state index contributed by atoms with van der Waals surface area (Å²) in [6, 6.07) is 2.31. The average Bonchev–Trinajstić information content (AvgIpc) is 2.84. The van der Waals surface area contributed by atoms with Gasteiger partial charge in [0.25, 0.3) is 0 Å². The molecule has 0 aliphatic heterocycles. The molecule has 0 saturated carbocycles. The molecule has 17 heavy (non-hydrogen) atoms. The molecule has 2 aromatic rings. The van der Waals surface area contributed by atoms with Crippen LogP contribution < -0.4 is 5.32 Å². The van der Waals surface area contributed by atoms with E-state index in [9.17, 15) is 0 Å². The normalized spacial score (nSPS) is 12.9. The molecule has 2 rings (SSSR count). The quantitative estimate of drug-likeness (QED) is 0.866. The summed E-state index contributed by atoms with van der Waals surface area (Å²) in [5, 5.41) is 12.0. The van der Waals surface area contributed by atoms with Crippen LogP contribution in [-0.2, 0) is 20.6 Å². The molecule has 1 N–H and O–H groups in total. The summed E-state index contributed by atoms with van der Waals surface area (Å²) in [4.78, 5) is 0. The minimum absolute atomic E-state index is 0.283. The van der Waals surface area contributed by atoms with E-state index in [0.29, 0.717) is 0 Å². The average molecular weight is 233 g/mol. The van der Waals surface area contributed by atoms with Gasteiger partial charge in [0.1, 0.15) is 0 Å². The maximum Gasteiger partial charge on any atom is 0.0762 e.